The first-order valence-electron chi connectivity index (χ1n) is 7.66. The molecule has 2 rings (SSSR count). The predicted molar refractivity (Wildman–Crippen MR) is 96.3 cm³/mol. The Kier molecular flexibility index (Phi) is 9.71. The molecule has 0 saturated heterocycles. The molecule has 1 unspecified atom stereocenters. The summed E-state index contributed by atoms with van der Waals surface area (Å²) in [5.41, 5.74) is 1.32. The summed E-state index contributed by atoms with van der Waals surface area (Å²) < 4.78 is 0. The molecular formula is C16H30N4S. The van der Waals surface area contributed by atoms with Crippen molar-refractivity contribution in [3.05, 3.63) is 22.4 Å². The van der Waals surface area contributed by atoms with Gasteiger partial charge >= 0.3 is 0 Å². The highest BCUT2D eigenvalue weighted by Gasteiger charge is 2.20. The molecule has 0 amide bonds. The molecule has 0 bridgehead atoms. The zero-order chi connectivity index (χ0) is 16.4. The number of amidine groups is 1. The van der Waals surface area contributed by atoms with Crippen LogP contribution < -0.4 is 0 Å². The minimum Gasteiger partial charge on any atom is -0.341 e. The van der Waals surface area contributed by atoms with Crippen LogP contribution in [0.15, 0.2) is 26.8 Å². The summed E-state index contributed by atoms with van der Waals surface area (Å²) in [6, 6.07) is 2.15. The third-order valence-electron chi connectivity index (χ3n) is 2.80. The van der Waals surface area contributed by atoms with Gasteiger partial charge in [0, 0.05) is 20.6 Å². The standard InChI is InChI=1S/C12H18N4S.2C2H6/c1-9-13-10(2)16(4)12(14-9)15(3)7-11-5-6-17-8-11;2*1-2/h5-6,8-9H,7H2,1-4H3;2*1-2H3. The third-order valence-corrected chi connectivity index (χ3v) is 3.53. The fraction of sp³-hybridized carbons (Fsp3) is 0.625. The van der Waals surface area contributed by atoms with E-state index in [2.05, 4.69) is 38.8 Å². The van der Waals surface area contributed by atoms with E-state index < -0.39 is 0 Å². The van der Waals surface area contributed by atoms with E-state index in [0.29, 0.717) is 0 Å². The lowest BCUT2D eigenvalue weighted by molar-refractivity contribution is 0.432. The Bertz CT molecular complexity index is 437. The lowest BCUT2D eigenvalue weighted by Crippen LogP contribution is -2.45. The van der Waals surface area contributed by atoms with Gasteiger partial charge in [0.15, 0.2) is 0 Å². The van der Waals surface area contributed by atoms with Crippen molar-refractivity contribution in [2.75, 3.05) is 14.1 Å². The molecule has 0 saturated carbocycles. The minimum absolute atomic E-state index is 0.0196. The molecule has 1 aromatic heterocycles. The normalized spacial score (nSPS) is 16.8. The molecule has 2 heterocycles. The van der Waals surface area contributed by atoms with E-state index in [1.807, 2.05) is 53.5 Å². The highest BCUT2D eigenvalue weighted by Crippen LogP contribution is 2.13. The average molecular weight is 311 g/mol. The molecule has 5 heteroatoms. The molecule has 0 spiro atoms. The second-order valence-electron chi connectivity index (χ2n) is 4.28. The van der Waals surface area contributed by atoms with Crippen LogP contribution in [0.4, 0.5) is 0 Å². The summed E-state index contributed by atoms with van der Waals surface area (Å²) in [6.07, 6.45) is 0.0196. The molecule has 1 aliphatic heterocycles. The summed E-state index contributed by atoms with van der Waals surface area (Å²) in [4.78, 5) is 13.2. The summed E-state index contributed by atoms with van der Waals surface area (Å²) in [5, 5.41) is 4.27. The monoisotopic (exact) mass is 310 g/mol. The zero-order valence-electron chi connectivity index (χ0n) is 14.7. The fourth-order valence-corrected chi connectivity index (χ4v) is 2.53. The Hall–Kier alpha value is -1.36. The van der Waals surface area contributed by atoms with Crippen LogP contribution in [0.2, 0.25) is 0 Å². The van der Waals surface area contributed by atoms with Crippen LogP contribution in [0.3, 0.4) is 0 Å². The van der Waals surface area contributed by atoms with Crippen molar-refractivity contribution in [3.8, 4) is 0 Å². The average Bonchev–Trinajstić information content (AvgIpc) is 3.00. The van der Waals surface area contributed by atoms with Crippen LogP contribution >= 0.6 is 11.3 Å². The van der Waals surface area contributed by atoms with Crippen molar-refractivity contribution >= 4 is 23.1 Å². The van der Waals surface area contributed by atoms with Gasteiger partial charge in [-0.1, -0.05) is 27.7 Å². The molecule has 1 atom stereocenters. The lowest BCUT2D eigenvalue weighted by atomic mass is 10.3. The molecular weight excluding hydrogens is 280 g/mol. The van der Waals surface area contributed by atoms with E-state index in [1.54, 1.807) is 11.3 Å². The maximum Gasteiger partial charge on any atom is 0.204 e. The van der Waals surface area contributed by atoms with Gasteiger partial charge < -0.3 is 9.80 Å². The van der Waals surface area contributed by atoms with Gasteiger partial charge in [-0.05, 0) is 36.2 Å². The largest absolute Gasteiger partial charge is 0.341 e. The van der Waals surface area contributed by atoms with Gasteiger partial charge in [-0.15, -0.1) is 0 Å². The number of hydrogen-bond donors (Lipinski definition) is 0. The molecule has 21 heavy (non-hydrogen) atoms. The van der Waals surface area contributed by atoms with Crippen LogP contribution in [0, 0.1) is 0 Å². The van der Waals surface area contributed by atoms with E-state index >= 15 is 0 Å². The second-order valence-corrected chi connectivity index (χ2v) is 5.06. The van der Waals surface area contributed by atoms with Crippen molar-refractivity contribution < 1.29 is 0 Å². The zero-order valence-corrected chi connectivity index (χ0v) is 15.5. The van der Waals surface area contributed by atoms with E-state index in [4.69, 9.17) is 0 Å². The van der Waals surface area contributed by atoms with E-state index in [0.717, 1.165) is 18.3 Å². The Labute approximate surface area is 134 Å². The van der Waals surface area contributed by atoms with Crippen LogP contribution in [-0.2, 0) is 6.54 Å². The highest BCUT2D eigenvalue weighted by molar-refractivity contribution is 7.07. The minimum atomic E-state index is 0.0196. The number of nitrogens with zero attached hydrogens (tertiary/aromatic N) is 4. The topological polar surface area (TPSA) is 31.2 Å². The molecule has 0 radical (unpaired) electrons. The summed E-state index contributed by atoms with van der Waals surface area (Å²) in [7, 11) is 4.08. The maximum absolute atomic E-state index is 4.58. The van der Waals surface area contributed by atoms with Crippen molar-refractivity contribution in [1.82, 2.24) is 9.80 Å². The molecule has 120 valence electrons. The predicted octanol–water partition coefficient (Wildman–Crippen LogP) is 4.30. The number of thiophene rings is 1. The number of guanidine groups is 1. The smallest absolute Gasteiger partial charge is 0.204 e. The second kappa shape index (κ2) is 10.4. The molecule has 0 aliphatic carbocycles. The Morgan fingerprint density at radius 2 is 1.86 bits per heavy atom. The van der Waals surface area contributed by atoms with E-state index in [-0.39, 0.29) is 6.17 Å². The maximum atomic E-state index is 4.58. The molecule has 0 aromatic carbocycles. The lowest BCUT2D eigenvalue weighted by Gasteiger charge is -2.32. The summed E-state index contributed by atoms with van der Waals surface area (Å²) >= 11 is 1.73. The first-order valence-corrected chi connectivity index (χ1v) is 8.60. The van der Waals surface area contributed by atoms with Crippen LogP contribution in [0.25, 0.3) is 0 Å². The van der Waals surface area contributed by atoms with Crippen LogP contribution in [-0.4, -0.2) is 41.9 Å². The van der Waals surface area contributed by atoms with Gasteiger partial charge in [0.2, 0.25) is 5.96 Å². The first kappa shape index (κ1) is 19.6. The van der Waals surface area contributed by atoms with Crippen molar-refractivity contribution in [2.45, 2.75) is 54.3 Å². The van der Waals surface area contributed by atoms with E-state index in [1.165, 1.54) is 5.56 Å². The molecule has 1 aliphatic rings. The Morgan fingerprint density at radius 1 is 1.24 bits per heavy atom. The van der Waals surface area contributed by atoms with Crippen molar-refractivity contribution in [3.63, 3.8) is 0 Å². The number of aliphatic imine (C=N–C) groups is 2. The van der Waals surface area contributed by atoms with Gasteiger partial charge in [0.1, 0.15) is 12.0 Å². The highest BCUT2D eigenvalue weighted by atomic mass is 32.1. The van der Waals surface area contributed by atoms with Crippen molar-refractivity contribution in [2.24, 2.45) is 9.98 Å². The number of hydrogen-bond acceptors (Lipinski definition) is 5. The molecule has 4 nitrogen and oxygen atoms in total. The SMILES string of the molecule is CC.CC.CC1=NC(C)N=C(N(C)Cc2ccsc2)N1C. The van der Waals surface area contributed by atoms with E-state index in [9.17, 15) is 0 Å². The van der Waals surface area contributed by atoms with Gasteiger partial charge in [-0.3, -0.25) is 0 Å². The summed E-state index contributed by atoms with van der Waals surface area (Å²) in [6.45, 7) is 12.9. The first-order chi connectivity index (χ1) is 10.1. The summed E-state index contributed by atoms with van der Waals surface area (Å²) in [5.74, 6) is 2.00. The van der Waals surface area contributed by atoms with Gasteiger partial charge in [-0.2, -0.15) is 11.3 Å². The molecule has 0 N–H and O–H groups in total. The van der Waals surface area contributed by atoms with Crippen LogP contribution in [0.5, 0.6) is 0 Å². The quantitative estimate of drug-likeness (QED) is 0.815. The van der Waals surface area contributed by atoms with Crippen molar-refractivity contribution in [1.29, 1.82) is 0 Å². The van der Waals surface area contributed by atoms with Gasteiger partial charge in [-0.25, -0.2) is 9.98 Å². The molecule has 1 aromatic rings. The number of rotatable bonds is 2. The Morgan fingerprint density at radius 3 is 2.38 bits per heavy atom. The van der Waals surface area contributed by atoms with Gasteiger partial charge in [0.05, 0.1) is 0 Å². The third kappa shape index (κ3) is 5.87. The van der Waals surface area contributed by atoms with Crippen LogP contribution in [0.1, 0.15) is 47.1 Å². The van der Waals surface area contributed by atoms with Gasteiger partial charge in [0.25, 0.3) is 0 Å². The Balaban J connectivity index is 0.000000921. The fourth-order valence-electron chi connectivity index (χ4n) is 1.87. The molecule has 0 fully saturated rings.